The molecule has 3 heteroatoms. The van der Waals surface area contributed by atoms with Gasteiger partial charge in [0, 0.05) is 5.69 Å². The van der Waals surface area contributed by atoms with Crippen molar-refractivity contribution < 1.29 is 0 Å². The zero-order valence-corrected chi connectivity index (χ0v) is 11.9. The molecule has 0 aromatic carbocycles. The number of imidazole rings is 1. The second-order valence-corrected chi connectivity index (χ2v) is 5.23. The molecule has 0 spiro atoms. The third-order valence-electron chi connectivity index (χ3n) is 3.45. The molecule has 0 saturated carbocycles. The van der Waals surface area contributed by atoms with Gasteiger partial charge in [-0.05, 0) is 12.8 Å². The highest BCUT2D eigenvalue weighted by Gasteiger charge is 1.97. The maximum Gasteiger partial charge on any atom is 0.197 e. The Balaban J connectivity index is 1.81. The first-order chi connectivity index (χ1) is 8.83. The first kappa shape index (κ1) is 15.1. The molecule has 0 aliphatic heterocycles. The van der Waals surface area contributed by atoms with Crippen LogP contribution in [-0.4, -0.2) is 9.97 Å². The van der Waals surface area contributed by atoms with E-state index in [4.69, 9.17) is 5.73 Å². The minimum Gasteiger partial charge on any atom is -0.369 e. The molecule has 0 atom stereocenters. The Kier molecular flexibility index (Phi) is 8.36. The van der Waals surface area contributed by atoms with Crippen LogP contribution in [0.2, 0.25) is 0 Å². The largest absolute Gasteiger partial charge is 0.369 e. The van der Waals surface area contributed by atoms with Crippen molar-refractivity contribution in [3.05, 3.63) is 11.9 Å². The molecule has 3 N–H and O–H groups in total. The minimum atomic E-state index is 0.539. The number of aryl methyl sites for hydroxylation is 1. The Morgan fingerprint density at radius 1 is 0.944 bits per heavy atom. The number of nitrogens with two attached hydrogens (primary N) is 1. The van der Waals surface area contributed by atoms with E-state index in [0.29, 0.717) is 5.95 Å². The maximum absolute atomic E-state index is 5.53. The number of nitrogens with one attached hydrogen (secondary N) is 1. The molecule has 0 aliphatic rings. The second-order valence-electron chi connectivity index (χ2n) is 5.23. The van der Waals surface area contributed by atoms with E-state index < -0.39 is 0 Å². The van der Waals surface area contributed by atoms with E-state index in [9.17, 15) is 0 Å². The lowest BCUT2D eigenvalue weighted by Crippen LogP contribution is -1.89. The van der Waals surface area contributed by atoms with Gasteiger partial charge in [0.25, 0.3) is 0 Å². The van der Waals surface area contributed by atoms with E-state index in [0.717, 1.165) is 6.42 Å². The van der Waals surface area contributed by atoms with E-state index in [-0.39, 0.29) is 0 Å². The molecule has 1 aromatic heterocycles. The fraction of sp³-hybridized carbons (Fsp3) is 0.800. The number of aromatic amines is 1. The number of rotatable bonds is 11. The summed E-state index contributed by atoms with van der Waals surface area (Å²) in [6.45, 7) is 2.27. The number of nitrogen functional groups attached to an aromatic ring is 1. The molecule has 104 valence electrons. The molecular formula is C15H29N3. The number of anilines is 1. The molecule has 0 amide bonds. The highest BCUT2D eigenvalue weighted by atomic mass is 15.0. The molecule has 1 rings (SSSR count). The summed E-state index contributed by atoms with van der Waals surface area (Å²) in [6.07, 6.45) is 16.7. The Morgan fingerprint density at radius 3 is 2.00 bits per heavy atom. The molecule has 18 heavy (non-hydrogen) atoms. The van der Waals surface area contributed by atoms with Crippen molar-refractivity contribution in [2.24, 2.45) is 0 Å². The quantitative estimate of drug-likeness (QED) is 0.571. The third kappa shape index (κ3) is 7.36. The molecule has 0 fully saturated rings. The Morgan fingerprint density at radius 2 is 1.50 bits per heavy atom. The van der Waals surface area contributed by atoms with Crippen LogP contribution in [0.4, 0.5) is 5.95 Å². The van der Waals surface area contributed by atoms with E-state index in [1.165, 1.54) is 69.9 Å². The fourth-order valence-corrected chi connectivity index (χ4v) is 2.31. The first-order valence-corrected chi connectivity index (χ1v) is 7.62. The number of hydrogen-bond acceptors (Lipinski definition) is 2. The summed E-state index contributed by atoms with van der Waals surface area (Å²) in [4.78, 5) is 7.08. The topological polar surface area (TPSA) is 54.7 Å². The van der Waals surface area contributed by atoms with E-state index >= 15 is 0 Å². The van der Waals surface area contributed by atoms with Crippen molar-refractivity contribution in [2.75, 3.05) is 5.73 Å². The van der Waals surface area contributed by atoms with Crippen LogP contribution in [-0.2, 0) is 6.42 Å². The van der Waals surface area contributed by atoms with Crippen LogP contribution < -0.4 is 5.73 Å². The number of unbranched alkanes of at least 4 members (excludes halogenated alkanes) is 9. The summed E-state index contributed by atoms with van der Waals surface area (Å²) >= 11 is 0. The summed E-state index contributed by atoms with van der Waals surface area (Å²) in [7, 11) is 0. The van der Waals surface area contributed by atoms with Gasteiger partial charge in [0.15, 0.2) is 5.95 Å². The maximum atomic E-state index is 5.53. The summed E-state index contributed by atoms with van der Waals surface area (Å²) in [5, 5.41) is 0. The minimum absolute atomic E-state index is 0.539. The van der Waals surface area contributed by atoms with Crippen molar-refractivity contribution in [3.8, 4) is 0 Å². The molecule has 0 radical (unpaired) electrons. The first-order valence-electron chi connectivity index (χ1n) is 7.62. The van der Waals surface area contributed by atoms with E-state index in [1.54, 1.807) is 0 Å². The zero-order valence-electron chi connectivity index (χ0n) is 11.9. The predicted octanol–water partition coefficient (Wildman–Crippen LogP) is 4.46. The predicted molar refractivity (Wildman–Crippen MR) is 78.5 cm³/mol. The van der Waals surface area contributed by atoms with Gasteiger partial charge in [-0.15, -0.1) is 0 Å². The molecule has 0 saturated heterocycles. The Labute approximate surface area is 112 Å². The molecular weight excluding hydrogens is 222 g/mol. The monoisotopic (exact) mass is 251 g/mol. The van der Waals surface area contributed by atoms with Crippen LogP contribution >= 0.6 is 0 Å². The summed E-state index contributed by atoms with van der Waals surface area (Å²) in [5.74, 6) is 0.539. The molecule has 1 heterocycles. The van der Waals surface area contributed by atoms with Crippen molar-refractivity contribution in [2.45, 2.75) is 77.6 Å². The van der Waals surface area contributed by atoms with Gasteiger partial charge in [-0.2, -0.15) is 0 Å². The van der Waals surface area contributed by atoms with E-state index in [1.807, 2.05) is 6.20 Å². The lowest BCUT2D eigenvalue weighted by atomic mass is 10.1. The standard InChI is InChI=1S/C15H29N3/c1-2-3-4-5-6-7-8-9-10-11-12-14-13-17-15(16)18-14/h13H,2-12H2,1H3,(H3,16,17,18). The normalized spacial score (nSPS) is 10.9. The van der Waals surface area contributed by atoms with Gasteiger partial charge in [0.2, 0.25) is 0 Å². The fourth-order valence-electron chi connectivity index (χ4n) is 2.31. The molecule has 0 aliphatic carbocycles. The van der Waals surface area contributed by atoms with Gasteiger partial charge in [-0.1, -0.05) is 64.7 Å². The van der Waals surface area contributed by atoms with Crippen LogP contribution in [0.3, 0.4) is 0 Å². The summed E-state index contributed by atoms with van der Waals surface area (Å²) < 4.78 is 0. The van der Waals surface area contributed by atoms with Crippen molar-refractivity contribution in [3.63, 3.8) is 0 Å². The van der Waals surface area contributed by atoms with Gasteiger partial charge in [-0.25, -0.2) is 4.98 Å². The third-order valence-corrected chi connectivity index (χ3v) is 3.45. The van der Waals surface area contributed by atoms with Gasteiger partial charge < -0.3 is 10.7 Å². The highest BCUT2D eigenvalue weighted by Crippen LogP contribution is 2.11. The van der Waals surface area contributed by atoms with E-state index in [2.05, 4.69) is 16.9 Å². The number of hydrogen-bond donors (Lipinski definition) is 2. The number of nitrogens with zero attached hydrogens (tertiary/aromatic N) is 1. The average molecular weight is 251 g/mol. The summed E-state index contributed by atoms with van der Waals surface area (Å²) in [5.41, 5.74) is 6.71. The molecule has 3 nitrogen and oxygen atoms in total. The molecule has 0 bridgehead atoms. The Hall–Kier alpha value is -0.990. The van der Waals surface area contributed by atoms with Crippen molar-refractivity contribution in [1.82, 2.24) is 9.97 Å². The Bertz CT molecular complexity index is 294. The van der Waals surface area contributed by atoms with Crippen LogP contribution in [0.25, 0.3) is 0 Å². The average Bonchev–Trinajstić information content (AvgIpc) is 2.77. The molecule has 0 unspecified atom stereocenters. The second kappa shape index (κ2) is 9.98. The SMILES string of the molecule is CCCCCCCCCCCCc1cnc(N)[nH]1. The lowest BCUT2D eigenvalue weighted by molar-refractivity contribution is 0.555. The smallest absolute Gasteiger partial charge is 0.197 e. The van der Waals surface area contributed by atoms with Crippen LogP contribution in [0.1, 0.15) is 76.8 Å². The zero-order chi connectivity index (χ0) is 13.1. The summed E-state index contributed by atoms with van der Waals surface area (Å²) in [6, 6.07) is 0. The van der Waals surface area contributed by atoms with Gasteiger partial charge in [-0.3, -0.25) is 0 Å². The highest BCUT2D eigenvalue weighted by molar-refractivity contribution is 5.18. The van der Waals surface area contributed by atoms with Crippen molar-refractivity contribution in [1.29, 1.82) is 0 Å². The lowest BCUT2D eigenvalue weighted by Gasteiger charge is -2.01. The van der Waals surface area contributed by atoms with Crippen LogP contribution in [0.5, 0.6) is 0 Å². The van der Waals surface area contributed by atoms with Crippen LogP contribution in [0, 0.1) is 0 Å². The van der Waals surface area contributed by atoms with Gasteiger partial charge in [0.1, 0.15) is 0 Å². The van der Waals surface area contributed by atoms with Crippen molar-refractivity contribution >= 4 is 5.95 Å². The van der Waals surface area contributed by atoms with Gasteiger partial charge >= 0.3 is 0 Å². The molecule has 1 aromatic rings. The number of aromatic nitrogens is 2. The number of H-pyrrole nitrogens is 1. The van der Waals surface area contributed by atoms with Crippen LogP contribution in [0.15, 0.2) is 6.20 Å². The van der Waals surface area contributed by atoms with Gasteiger partial charge in [0.05, 0.1) is 6.20 Å².